The van der Waals surface area contributed by atoms with Crippen LogP contribution in [0.1, 0.15) is 29.7 Å². The summed E-state index contributed by atoms with van der Waals surface area (Å²) in [7, 11) is 0. The number of hydrogen-bond acceptors (Lipinski definition) is 4. The lowest BCUT2D eigenvalue weighted by Crippen LogP contribution is -2.44. The molecule has 3 rings (SSSR count). The predicted molar refractivity (Wildman–Crippen MR) is 92.9 cm³/mol. The molecule has 130 valence electrons. The van der Waals surface area contributed by atoms with Crippen LogP contribution in [0.3, 0.4) is 0 Å². The van der Waals surface area contributed by atoms with Gasteiger partial charge in [-0.2, -0.15) is 0 Å². The van der Waals surface area contributed by atoms with Crippen molar-refractivity contribution >= 4 is 12.1 Å². The number of rotatable bonds is 4. The lowest BCUT2D eigenvalue weighted by Gasteiger charge is -2.34. The molecule has 25 heavy (non-hydrogen) atoms. The third-order valence-electron chi connectivity index (χ3n) is 4.23. The maximum absolute atomic E-state index is 12.6. The summed E-state index contributed by atoms with van der Waals surface area (Å²) in [5.74, 6) is -0.425. The molecule has 2 aromatic carbocycles. The smallest absolute Gasteiger partial charge is 0.411 e. The summed E-state index contributed by atoms with van der Waals surface area (Å²) >= 11 is 0. The van der Waals surface area contributed by atoms with Crippen molar-refractivity contribution in [1.82, 2.24) is 4.90 Å². The molecule has 2 aromatic rings. The Bertz CT molecular complexity index is 744. The summed E-state index contributed by atoms with van der Waals surface area (Å²) in [6.07, 6.45) is 0.184. The van der Waals surface area contributed by atoms with E-state index in [9.17, 15) is 9.59 Å². The van der Waals surface area contributed by atoms with Crippen molar-refractivity contribution in [3.05, 3.63) is 71.3 Å². The highest BCUT2D eigenvalue weighted by Gasteiger charge is 2.37. The largest absolute Gasteiger partial charge is 0.464 e. The van der Waals surface area contributed by atoms with Gasteiger partial charge in [-0.25, -0.2) is 9.59 Å². The minimum absolute atomic E-state index is 0.174. The van der Waals surface area contributed by atoms with E-state index in [1.165, 1.54) is 4.90 Å². The van der Waals surface area contributed by atoms with E-state index in [1.54, 1.807) is 6.92 Å². The van der Waals surface area contributed by atoms with E-state index in [0.29, 0.717) is 13.0 Å². The standard InChI is InChI=1S/C20H21NO4/c1-2-24-19(22)18-17-11-7-6-10-16(17)12-13-21(18)20(23)25-14-15-8-4-3-5-9-15/h3-11,18H,2,12-14H2,1H3. The van der Waals surface area contributed by atoms with E-state index in [1.807, 2.05) is 54.6 Å². The highest BCUT2D eigenvalue weighted by Crippen LogP contribution is 2.31. The molecule has 0 radical (unpaired) electrons. The van der Waals surface area contributed by atoms with E-state index in [-0.39, 0.29) is 13.2 Å². The van der Waals surface area contributed by atoms with Crippen LogP contribution in [0.2, 0.25) is 0 Å². The molecule has 5 heteroatoms. The first kappa shape index (κ1) is 17.0. The average molecular weight is 339 g/mol. The van der Waals surface area contributed by atoms with Crippen LogP contribution >= 0.6 is 0 Å². The highest BCUT2D eigenvalue weighted by molar-refractivity contribution is 5.84. The molecule has 1 unspecified atom stereocenters. The minimum atomic E-state index is -0.756. The molecule has 1 aliphatic rings. The Balaban J connectivity index is 1.78. The zero-order chi connectivity index (χ0) is 17.6. The van der Waals surface area contributed by atoms with Gasteiger partial charge in [0, 0.05) is 6.54 Å². The van der Waals surface area contributed by atoms with Gasteiger partial charge in [-0.3, -0.25) is 4.90 Å². The molecule has 1 amide bonds. The number of benzene rings is 2. The molecule has 1 aliphatic heterocycles. The summed E-state index contributed by atoms with van der Waals surface area (Å²) in [4.78, 5) is 26.5. The van der Waals surface area contributed by atoms with Crippen LogP contribution in [0.25, 0.3) is 0 Å². The number of carbonyl (C=O) groups is 2. The van der Waals surface area contributed by atoms with Gasteiger partial charge in [0.1, 0.15) is 6.61 Å². The topological polar surface area (TPSA) is 55.8 Å². The van der Waals surface area contributed by atoms with E-state index in [2.05, 4.69) is 0 Å². The summed E-state index contributed by atoms with van der Waals surface area (Å²) in [5.41, 5.74) is 2.78. The van der Waals surface area contributed by atoms with Gasteiger partial charge in [-0.05, 0) is 30.0 Å². The number of ether oxygens (including phenoxy) is 2. The van der Waals surface area contributed by atoms with Gasteiger partial charge >= 0.3 is 12.1 Å². The normalized spacial score (nSPS) is 16.0. The molecule has 1 atom stereocenters. The molecular formula is C20H21NO4. The van der Waals surface area contributed by atoms with Crippen molar-refractivity contribution in [3.8, 4) is 0 Å². The summed E-state index contributed by atoms with van der Waals surface area (Å²) in [6.45, 7) is 2.62. The van der Waals surface area contributed by atoms with Crippen LogP contribution in [0.5, 0.6) is 0 Å². The van der Waals surface area contributed by atoms with Crippen molar-refractivity contribution < 1.29 is 19.1 Å². The second-order valence-electron chi connectivity index (χ2n) is 5.84. The van der Waals surface area contributed by atoms with Crippen molar-refractivity contribution in [3.63, 3.8) is 0 Å². The molecule has 0 aliphatic carbocycles. The van der Waals surface area contributed by atoms with Crippen molar-refractivity contribution in [2.75, 3.05) is 13.2 Å². The van der Waals surface area contributed by atoms with Gasteiger partial charge in [0.15, 0.2) is 6.04 Å². The first-order valence-corrected chi connectivity index (χ1v) is 8.42. The number of nitrogens with zero attached hydrogens (tertiary/aromatic N) is 1. The Hall–Kier alpha value is -2.82. The first-order valence-electron chi connectivity index (χ1n) is 8.42. The van der Waals surface area contributed by atoms with Gasteiger partial charge in [-0.1, -0.05) is 54.6 Å². The molecule has 5 nitrogen and oxygen atoms in total. The minimum Gasteiger partial charge on any atom is -0.464 e. The maximum atomic E-state index is 12.6. The Morgan fingerprint density at radius 2 is 1.76 bits per heavy atom. The molecule has 0 saturated carbocycles. The number of esters is 1. The average Bonchev–Trinajstić information content (AvgIpc) is 2.66. The fourth-order valence-electron chi connectivity index (χ4n) is 3.04. The van der Waals surface area contributed by atoms with Crippen LogP contribution in [-0.2, 0) is 27.3 Å². The zero-order valence-electron chi connectivity index (χ0n) is 14.2. The van der Waals surface area contributed by atoms with Gasteiger partial charge < -0.3 is 9.47 Å². The molecule has 0 aromatic heterocycles. The summed E-state index contributed by atoms with van der Waals surface area (Å²) in [5, 5.41) is 0. The Kier molecular flexibility index (Phi) is 5.33. The van der Waals surface area contributed by atoms with Crippen LogP contribution in [0.4, 0.5) is 4.79 Å². The molecule has 1 heterocycles. The van der Waals surface area contributed by atoms with Gasteiger partial charge in [0.2, 0.25) is 0 Å². The van der Waals surface area contributed by atoms with Crippen LogP contribution in [-0.4, -0.2) is 30.1 Å². The lowest BCUT2D eigenvalue weighted by atomic mass is 9.93. The van der Waals surface area contributed by atoms with E-state index in [0.717, 1.165) is 16.7 Å². The monoisotopic (exact) mass is 339 g/mol. The first-order chi connectivity index (χ1) is 12.2. The molecule has 0 spiro atoms. The van der Waals surface area contributed by atoms with E-state index in [4.69, 9.17) is 9.47 Å². The van der Waals surface area contributed by atoms with Crippen LogP contribution in [0.15, 0.2) is 54.6 Å². The maximum Gasteiger partial charge on any atom is 0.411 e. The van der Waals surface area contributed by atoms with Crippen molar-refractivity contribution in [1.29, 1.82) is 0 Å². The van der Waals surface area contributed by atoms with Gasteiger partial charge in [-0.15, -0.1) is 0 Å². The summed E-state index contributed by atoms with van der Waals surface area (Å²) in [6, 6.07) is 16.4. The number of amides is 1. The zero-order valence-corrected chi connectivity index (χ0v) is 14.2. The Labute approximate surface area is 147 Å². The quantitative estimate of drug-likeness (QED) is 0.800. The molecular weight excluding hydrogens is 318 g/mol. The lowest BCUT2D eigenvalue weighted by molar-refractivity contribution is -0.149. The molecule has 0 fully saturated rings. The second kappa shape index (κ2) is 7.83. The molecule has 0 bridgehead atoms. The fraction of sp³-hybridized carbons (Fsp3) is 0.300. The number of carbonyl (C=O) groups excluding carboxylic acids is 2. The van der Waals surface area contributed by atoms with Crippen molar-refractivity contribution in [2.45, 2.75) is 26.0 Å². The number of fused-ring (bicyclic) bond motifs is 1. The third kappa shape index (κ3) is 3.82. The third-order valence-corrected chi connectivity index (χ3v) is 4.23. The van der Waals surface area contributed by atoms with E-state index >= 15 is 0 Å². The second-order valence-corrected chi connectivity index (χ2v) is 5.84. The molecule has 0 N–H and O–H groups in total. The Morgan fingerprint density at radius 1 is 1.04 bits per heavy atom. The Morgan fingerprint density at radius 3 is 2.52 bits per heavy atom. The summed E-state index contributed by atoms with van der Waals surface area (Å²) < 4.78 is 10.6. The number of hydrogen-bond donors (Lipinski definition) is 0. The van der Waals surface area contributed by atoms with E-state index < -0.39 is 18.1 Å². The molecule has 0 saturated heterocycles. The van der Waals surface area contributed by atoms with Gasteiger partial charge in [0.25, 0.3) is 0 Å². The predicted octanol–water partition coefficient (Wildman–Crippen LogP) is 3.49. The van der Waals surface area contributed by atoms with Crippen molar-refractivity contribution in [2.24, 2.45) is 0 Å². The van der Waals surface area contributed by atoms with Crippen LogP contribution in [0, 0.1) is 0 Å². The highest BCUT2D eigenvalue weighted by atomic mass is 16.6. The SMILES string of the molecule is CCOC(=O)C1c2ccccc2CCN1C(=O)OCc1ccccc1. The van der Waals surface area contributed by atoms with Gasteiger partial charge in [0.05, 0.1) is 6.61 Å². The fourth-order valence-corrected chi connectivity index (χ4v) is 3.04. The van der Waals surface area contributed by atoms with Crippen LogP contribution < -0.4 is 0 Å².